The van der Waals surface area contributed by atoms with Crippen molar-refractivity contribution in [2.45, 2.75) is 24.6 Å². The number of imidazole rings is 1. The molecule has 0 spiro atoms. The van der Waals surface area contributed by atoms with Crippen LogP contribution in [0, 0.1) is 5.92 Å². The number of hydrogen-bond donors (Lipinski definition) is 3. The molecule has 0 radical (unpaired) electrons. The van der Waals surface area contributed by atoms with Crippen molar-refractivity contribution < 1.29 is 17.9 Å². The average molecular weight is 516 g/mol. The minimum Gasteiger partial charge on any atom is -0.492 e. The molecule has 1 aliphatic rings. The Morgan fingerprint density at radius 2 is 2.03 bits per heavy atom. The first-order valence-electron chi connectivity index (χ1n) is 11.0. The number of ether oxygens (including phenoxy) is 1. The van der Waals surface area contributed by atoms with Crippen molar-refractivity contribution in [3.63, 3.8) is 0 Å². The maximum Gasteiger partial charge on any atom is 0.276 e. The van der Waals surface area contributed by atoms with Crippen LogP contribution < -0.4 is 15.6 Å². The minimum atomic E-state index is -3.32. The fraction of sp³-hybridized carbons (Fsp3) is 0.304. The molecule has 12 heteroatoms. The number of carbonyl (C=O) groups is 1. The van der Waals surface area contributed by atoms with E-state index in [0.29, 0.717) is 55.9 Å². The molecule has 1 fully saturated rings. The Morgan fingerprint density at radius 1 is 1.29 bits per heavy atom. The fourth-order valence-corrected chi connectivity index (χ4v) is 4.78. The number of H-pyrrole nitrogens is 1. The summed E-state index contributed by atoms with van der Waals surface area (Å²) < 4.78 is 30.3. The van der Waals surface area contributed by atoms with E-state index < -0.39 is 27.5 Å². The summed E-state index contributed by atoms with van der Waals surface area (Å²) in [5.74, 6) is 0.818. The second kappa shape index (κ2) is 9.31. The van der Waals surface area contributed by atoms with Crippen LogP contribution in [0.4, 0.5) is 0 Å². The number of carbonyl (C=O) groups excluding carboxylic acids is 1. The van der Waals surface area contributed by atoms with Gasteiger partial charge in [-0.15, -0.1) is 0 Å². The SMILES string of the molecule is CNC(=O)C(n1nc(Cc2nc3cc(OCC4CC4)c(Cl)cc3[nH]2)c2ccccc2c1=O)[SH](=O)=O. The molecule has 1 amide bonds. The highest BCUT2D eigenvalue weighted by molar-refractivity contribution is 7.73. The fourth-order valence-electron chi connectivity index (χ4n) is 3.90. The third-order valence-corrected chi connectivity index (χ3v) is 7.06. The second-order valence-electron chi connectivity index (χ2n) is 8.43. The van der Waals surface area contributed by atoms with E-state index in [1.807, 2.05) is 0 Å². The highest BCUT2D eigenvalue weighted by atomic mass is 35.5. The van der Waals surface area contributed by atoms with E-state index >= 15 is 0 Å². The predicted molar refractivity (Wildman–Crippen MR) is 132 cm³/mol. The number of aromatic nitrogens is 4. The molecule has 1 saturated carbocycles. The zero-order valence-corrected chi connectivity index (χ0v) is 20.3. The topological polar surface area (TPSA) is 136 Å². The lowest BCUT2D eigenvalue weighted by Gasteiger charge is -2.14. The molecule has 1 aliphatic carbocycles. The summed E-state index contributed by atoms with van der Waals surface area (Å²) in [4.78, 5) is 33.1. The lowest BCUT2D eigenvalue weighted by atomic mass is 10.1. The summed E-state index contributed by atoms with van der Waals surface area (Å²) in [5, 5.41) is 6.06. The number of hydrogen-bond acceptors (Lipinski definition) is 7. The Balaban J connectivity index is 1.57. The zero-order chi connectivity index (χ0) is 24.7. The Morgan fingerprint density at radius 3 is 2.71 bits per heavy atom. The molecular formula is C23H22ClN5O5S. The van der Waals surface area contributed by atoms with Crippen molar-refractivity contribution in [2.24, 2.45) is 5.92 Å². The first-order chi connectivity index (χ1) is 16.9. The molecule has 10 nitrogen and oxygen atoms in total. The number of fused-ring (bicyclic) bond motifs is 2. The van der Waals surface area contributed by atoms with Gasteiger partial charge in [-0.2, -0.15) is 5.10 Å². The van der Waals surface area contributed by atoms with E-state index in [2.05, 4.69) is 20.4 Å². The number of likely N-dealkylation sites (N-methyl/N-ethyl adjacent to an activating group) is 1. The Hall–Kier alpha value is -3.44. The summed E-state index contributed by atoms with van der Waals surface area (Å²) in [6.45, 7) is 0.619. The van der Waals surface area contributed by atoms with Crippen molar-refractivity contribution >= 4 is 50.0 Å². The number of amides is 1. The first kappa shape index (κ1) is 23.3. The van der Waals surface area contributed by atoms with Crippen LogP contribution in [-0.2, 0) is 21.9 Å². The molecule has 2 N–H and O–H groups in total. The number of halogens is 1. The number of rotatable bonds is 8. The molecule has 182 valence electrons. The third-order valence-electron chi connectivity index (χ3n) is 5.91. The molecule has 35 heavy (non-hydrogen) atoms. The minimum absolute atomic E-state index is 0.154. The molecule has 0 aliphatic heterocycles. The smallest absolute Gasteiger partial charge is 0.276 e. The van der Waals surface area contributed by atoms with E-state index in [1.54, 1.807) is 36.4 Å². The summed E-state index contributed by atoms with van der Waals surface area (Å²) in [5.41, 5.74) is 1.07. The number of thiol groups is 1. The van der Waals surface area contributed by atoms with E-state index in [1.165, 1.54) is 7.05 Å². The van der Waals surface area contributed by atoms with E-state index in [0.717, 1.165) is 12.8 Å². The maximum absolute atomic E-state index is 13.0. The molecule has 2 aromatic heterocycles. The lowest BCUT2D eigenvalue weighted by molar-refractivity contribution is -0.121. The van der Waals surface area contributed by atoms with Crippen LogP contribution in [0.25, 0.3) is 21.8 Å². The highest BCUT2D eigenvalue weighted by Gasteiger charge is 2.27. The number of nitrogens with zero attached hydrogens (tertiary/aromatic N) is 3. The maximum atomic E-state index is 13.0. The van der Waals surface area contributed by atoms with Gasteiger partial charge in [0, 0.05) is 18.5 Å². The van der Waals surface area contributed by atoms with E-state index in [9.17, 15) is 18.0 Å². The van der Waals surface area contributed by atoms with Gasteiger partial charge in [-0.25, -0.2) is 18.1 Å². The van der Waals surface area contributed by atoms with Gasteiger partial charge >= 0.3 is 0 Å². The standard InChI is InChI=1S/C23H22ClN5O5S/c1-25-21(30)23(35(32)33)29-22(31)14-5-3-2-4-13(14)16(28-29)10-20-26-17-8-15(24)19(9-18(17)27-20)34-11-12-6-7-12/h2-5,8-9,12,23,35H,6-7,10-11H2,1H3,(H,25,30)(H,26,27). The van der Waals surface area contributed by atoms with Gasteiger partial charge in [-0.1, -0.05) is 29.8 Å². The van der Waals surface area contributed by atoms with Crippen molar-refractivity contribution in [2.75, 3.05) is 13.7 Å². The van der Waals surface area contributed by atoms with Gasteiger partial charge in [0.2, 0.25) is 5.37 Å². The number of nitrogens with one attached hydrogen (secondary N) is 2. The normalized spacial score (nSPS) is 14.5. The van der Waals surface area contributed by atoms with Gasteiger partial charge in [0.05, 0.1) is 40.2 Å². The molecule has 1 atom stereocenters. The second-order valence-corrected chi connectivity index (χ2v) is 9.90. The van der Waals surface area contributed by atoms with Crippen LogP contribution >= 0.6 is 11.6 Å². The van der Waals surface area contributed by atoms with Crippen molar-refractivity contribution in [1.29, 1.82) is 0 Å². The number of benzene rings is 2. The summed E-state index contributed by atoms with van der Waals surface area (Å²) in [6, 6.07) is 10.2. The van der Waals surface area contributed by atoms with E-state index in [-0.39, 0.29) is 11.8 Å². The predicted octanol–water partition coefficient (Wildman–Crippen LogP) is 2.16. The van der Waals surface area contributed by atoms with Crippen molar-refractivity contribution in [3.05, 3.63) is 63.3 Å². The molecule has 4 aromatic rings. The van der Waals surface area contributed by atoms with Gasteiger partial charge in [-0.05, 0) is 30.9 Å². The summed E-state index contributed by atoms with van der Waals surface area (Å²) in [7, 11) is -2.03. The van der Waals surface area contributed by atoms with Crippen LogP contribution in [0.1, 0.15) is 29.7 Å². The molecule has 2 heterocycles. The molecule has 0 saturated heterocycles. The lowest BCUT2D eigenvalue weighted by Crippen LogP contribution is -2.38. The Kier molecular flexibility index (Phi) is 6.20. The van der Waals surface area contributed by atoms with Gasteiger partial charge in [0.25, 0.3) is 11.5 Å². The Labute approximate surface area is 206 Å². The van der Waals surface area contributed by atoms with Crippen molar-refractivity contribution in [1.82, 2.24) is 25.1 Å². The molecular weight excluding hydrogens is 494 g/mol. The van der Waals surface area contributed by atoms with Crippen LogP contribution in [0.3, 0.4) is 0 Å². The summed E-state index contributed by atoms with van der Waals surface area (Å²) in [6.07, 6.45) is 2.48. The quantitative estimate of drug-likeness (QED) is 0.306. The number of aromatic amines is 1. The molecule has 2 aromatic carbocycles. The first-order valence-corrected chi connectivity index (χ1v) is 12.6. The van der Waals surface area contributed by atoms with Gasteiger partial charge < -0.3 is 15.0 Å². The highest BCUT2D eigenvalue weighted by Crippen LogP contribution is 2.33. The molecule has 0 bridgehead atoms. The monoisotopic (exact) mass is 515 g/mol. The Bertz CT molecular complexity index is 1580. The van der Waals surface area contributed by atoms with E-state index in [4.69, 9.17) is 16.3 Å². The van der Waals surface area contributed by atoms with Gasteiger partial charge in [-0.3, -0.25) is 9.59 Å². The van der Waals surface area contributed by atoms with Crippen LogP contribution in [-0.4, -0.2) is 47.7 Å². The van der Waals surface area contributed by atoms with Gasteiger partial charge in [0.15, 0.2) is 10.7 Å². The summed E-state index contributed by atoms with van der Waals surface area (Å²) >= 11 is 6.38. The van der Waals surface area contributed by atoms with Crippen molar-refractivity contribution in [3.8, 4) is 5.75 Å². The molecule has 1 unspecified atom stereocenters. The van der Waals surface area contributed by atoms with Crippen LogP contribution in [0.2, 0.25) is 5.02 Å². The van der Waals surface area contributed by atoms with Crippen LogP contribution in [0.5, 0.6) is 5.75 Å². The van der Waals surface area contributed by atoms with Crippen LogP contribution in [0.15, 0.2) is 41.2 Å². The third kappa shape index (κ3) is 4.61. The zero-order valence-electron chi connectivity index (χ0n) is 18.7. The van der Waals surface area contributed by atoms with Gasteiger partial charge in [0.1, 0.15) is 11.6 Å². The average Bonchev–Trinajstić information content (AvgIpc) is 3.59. The largest absolute Gasteiger partial charge is 0.492 e. The molecule has 5 rings (SSSR count).